The summed E-state index contributed by atoms with van der Waals surface area (Å²) in [5, 5.41) is 0.279. The minimum Gasteiger partial charge on any atom is -0.493 e. The lowest BCUT2D eigenvalue weighted by Crippen LogP contribution is -2.05. The number of halogens is 3. The topological polar surface area (TPSA) is 57.1 Å². The number of methoxy groups -OCH3 is 1. The average molecular weight is 578 g/mol. The number of carbonyl (C=O) groups is 1. The van der Waals surface area contributed by atoms with Gasteiger partial charge >= 0.3 is 5.97 Å². The molecule has 5 nitrogen and oxygen atoms in total. The molecule has 0 saturated carbocycles. The standard InChI is InChI=1S/C25H18ClFINO4/c1-14-8-17(6-7-20(14)28)24-29-21(25(30)33-24)11-16-10-19(26)23(22(12-16)31-2)32-13-15-4-3-5-18(27)9-15/h3-12H,13H2,1-2H3/b21-11-. The smallest absolute Gasteiger partial charge is 0.363 e. The molecule has 168 valence electrons. The molecular weight excluding hydrogens is 560 g/mol. The molecule has 1 aliphatic heterocycles. The summed E-state index contributed by atoms with van der Waals surface area (Å²) in [5.74, 6) is 0.0363. The fraction of sp³-hybridized carbons (Fsp3) is 0.120. The van der Waals surface area contributed by atoms with Crippen LogP contribution in [0.3, 0.4) is 0 Å². The monoisotopic (exact) mass is 577 g/mol. The fourth-order valence-corrected chi connectivity index (χ4v) is 3.82. The van der Waals surface area contributed by atoms with Crippen molar-refractivity contribution in [2.45, 2.75) is 13.5 Å². The van der Waals surface area contributed by atoms with Gasteiger partial charge in [0.25, 0.3) is 0 Å². The van der Waals surface area contributed by atoms with Crippen LogP contribution in [0.25, 0.3) is 6.08 Å². The molecule has 1 heterocycles. The maximum atomic E-state index is 13.4. The Bertz CT molecular complexity index is 1310. The van der Waals surface area contributed by atoms with Gasteiger partial charge in [0.05, 0.1) is 12.1 Å². The van der Waals surface area contributed by atoms with Crippen molar-refractivity contribution in [1.82, 2.24) is 0 Å². The molecule has 0 fully saturated rings. The van der Waals surface area contributed by atoms with E-state index in [2.05, 4.69) is 27.6 Å². The molecule has 0 spiro atoms. The summed E-state index contributed by atoms with van der Waals surface area (Å²) in [4.78, 5) is 16.7. The van der Waals surface area contributed by atoms with Crippen LogP contribution in [0.1, 0.15) is 22.3 Å². The van der Waals surface area contributed by atoms with E-state index in [0.717, 1.165) is 14.7 Å². The van der Waals surface area contributed by atoms with Crippen molar-refractivity contribution in [3.05, 3.63) is 97.0 Å². The number of rotatable bonds is 6. The number of nitrogens with zero attached hydrogens (tertiary/aromatic N) is 1. The predicted molar refractivity (Wildman–Crippen MR) is 133 cm³/mol. The molecule has 0 N–H and O–H groups in total. The number of esters is 1. The lowest BCUT2D eigenvalue weighted by molar-refractivity contribution is -0.129. The van der Waals surface area contributed by atoms with Crippen LogP contribution < -0.4 is 9.47 Å². The Morgan fingerprint density at radius 3 is 2.73 bits per heavy atom. The lowest BCUT2D eigenvalue weighted by Gasteiger charge is -2.13. The number of carbonyl (C=O) groups excluding carboxylic acids is 1. The van der Waals surface area contributed by atoms with E-state index in [0.29, 0.717) is 22.6 Å². The summed E-state index contributed by atoms with van der Waals surface area (Å²) in [7, 11) is 1.48. The highest BCUT2D eigenvalue weighted by atomic mass is 127. The number of aliphatic imine (C=N–C) groups is 1. The molecule has 1 aliphatic rings. The van der Waals surface area contributed by atoms with E-state index in [9.17, 15) is 9.18 Å². The Hall–Kier alpha value is -2.91. The van der Waals surface area contributed by atoms with E-state index in [1.54, 1.807) is 30.3 Å². The van der Waals surface area contributed by atoms with Gasteiger partial charge in [0.15, 0.2) is 17.2 Å². The molecule has 33 heavy (non-hydrogen) atoms. The Morgan fingerprint density at radius 1 is 1.18 bits per heavy atom. The molecular formula is C25H18ClFINO4. The van der Waals surface area contributed by atoms with Crippen LogP contribution in [0.2, 0.25) is 5.02 Å². The van der Waals surface area contributed by atoms with Gasteiger partial charge in [0.1, 0.15) is 12.4 Å². The SMILES string of the molecule is COc1cc(/C=C2\N=C(c3ccc(I)c(C)c3)OC2=O)cc(Cl)c1OCc1cccc(F)c1. The van der Waals surface area contributed by atoms with Crippen molar-refractivity contribution in [2.24, 2.45) is 4.99 Å². The average Bonchev–Trinajstić information content (AvgIpc) is 3.14. The third kappa shape index (κ3) is 5.36. The van der Waals surface area contributed by atoms with Gasteiger partial charge in [-0.25, -0.2) is 14.2 Å². The Kier molecular flexibility index (Phi) is 6.99. The van der Waals surface area contributed by atoms with Gasteiger partial charge in [-0.1, -0.05) is 23.7 Å². The number of hydrogen-bond donors (Lipinski definition) is 0. The summed E-state index contributed by atoms with van der Waals surface area (Å²) < 4.78 is 31.1. The van der Waals surface area contributed by atoms with Crippen molar-refractivity contribution < 1.29 is 23.4 Å². The van der Waals surface area contributed by atoms with Crippen molar-refractivity contribution in [3.63, 3.8) is 0 Å². The normalized spacial score (nSPS) is 14.3. The van der Waals surface area contributed by atoms with Crippen LogP contribution in [0.4, 0.5) is 4.39 Å². The van der Waals surface area contributed by atoms with Crippen LogP contribution >= 0.6 is 34.2 Å². The zero-order valence-corrected chi connectivity index (χ0v) is 20.6. The highest BCUT2D eigenvalue weighted by Gasteiger charge is 2.25. The molecule has 0 aliphatic carbocycles. The lowest BCUT2D eigenvalue weighted by atomic mass is 10.1. The first-order valence-corrected chi connectivity index (χ1v) is 11.3. The molecule has 4 rings (SSSR count). The molecule has 0 aromatic heterocycles. The predicted octanol–water partition coefficient (Wildman–Crippen LogP) is 6.32. The molecule has 0 saturated heterocycles. The van der Waals surface area contributed by atoms with Crippen molar-refractivity contribution in [1.29, 1.82) is 0 Å². The van der Waals surface area contributed by atoms with Gasteiger partial charge in [-0.3, -0.25) is 0 Å². The van der Waals surface area contributed by atoms with E-state index in [-0.39, 0.29) is 29.0 Å². The van der Waals surface area contributed by atoms with Crippen LogP contribution in [0.15, 0.2) is 65.3 Å². The van der Waals surface area contributed by atoms with Gasteiger partial charge in [0.2, 0.25) is 5.90 Å². The number of benzene rings is 3. The van der Waals surface area contributed by atoms with Crippen LogP contribution in [-0.4, -0.2) is 19.0 Å². The Labute approximate surface area is 209 Å². The zero-order valence-electron chi connectivity index (χ0n) is 17.7. The number of ether oxygens (including phenoxy) is 3. The van der Waals surface area contributed by atoms with E-state index < -0.39 is 5.97 Å². The van der Waals surface area contributed by atoms with Crippen LogP contribution in [-0.2, 0) is 16.1 Å². The van der Waals surface area contributed by atoms with Crippen LogP contribution in [0.5, 0.6) is 11.5 Å². The maximum absolute atomic E-state index is 13.4. The maximum Gasteiger partial charge on any atom is 0.363 e. The first-order chi connectivity index (χ1) is 15.8. The van der Waals surface area contributed by atoms with Crippen LogP contribution in [0, 0.1) is 16.3 Å². The molecule has 3 aromatic carbocycles. The second kappa shape index (κ2) is 9.93. The third-order valence-electron chi connectivity index (χ3n) is 4.85. The second-order valence-electron chi connectivity index (χ2n) is 7.25. The summed E-state index contributed by atoms with van der Waals surface area (Å²) in [6.07, 6.45) is 1.57. The molecule has 8 heteroatoms. The first kappa shape index (κ1) is 23.3. The third-order valence-corrected chi connectivity index (χ3v) is 6.34. The summed E-state index contributed by atoms with van der Waals surface area (Å²) in [5.41, 5.74) is 3.18. The molecule has 0 bridgehead atoms. The molecule has 0 amide bonds. The molecule has 0 unspecified atom stereocenters. The highest BCUT2D eigenvalue weighted by Crippen LogP contribution is 2.38. The zero-order chi connectivity index (χ0) is 23.5. The summed E-state index contributed by atoms with van der Waals surface area (Å²) in [6, 6.07) is 15.1. The van der Waals surface area contributed by atoms with Gasteiger partial charge in [-0.2, -0.15) is 0 Å². The van der Waals surface area contributed by atoms with Gasteiger partial charge < -0.3 is 14.2 Å². The highest BCUT2D eigenvalue weighted by molar-refractivity contribution is 14.1. The minimum atomic E-state index is -0.553. The van der Waals surface area contributed by atoms with E-state index in [1.807, 2.05) is 25.1 Å². The second-order valence-corrected chi connectivity index (χ2v) is 8.82. The minimum absolute atomic E-state index is 0.115. The number of aryl methyl sites for hydroxylation is 1. The van der Waals surface area contributed by atoms with Gasteiger partial charge in [0, 0.05) is 9.13 Å². The Balaban J connectivity index is 1.59. The summed E-state index contributed by atoms with van der Waals surface area (Å²) >= 11 is 8.67. The Morgan fingerprint density at radius 2 is 2.00 bits per heavy atom. The molecule has 3 aromatic rings. The van der Waals surface area contributed by atoms with E-state index in [1.165, 1.54) is 19.2 Å². The first-order valence-electron chi connectivity index (χ1n) is 9.88. The summed E-state index contributed by atoms with van der Waals surface area (Å²) in [6.45, 7) is 2.09. The fourth-order valence-electron chi connectivity index (χ4n) is 3.21. The van der Waals surface area contributed by atoms with E-state index in [4.69, 9.17) is 25.8 Å². The molecule has 0 atom stereocenters. The van der Waals surface area contributed by atoms with Crippen molar-refractivity contribution in [3.8, 4) is 11.5 Å². The van der Waals surface area contributed by atoms with Gasteiger partial charge in [-0.15, -0.1) is 0 Å². The number of hydrogen-bond acceptors (Lipinski definition) is 5. The van der Waals surface area contributed by atoms with Crippen molar-refractivity contribution >= 4 is 52.1 Å². The van der Waals surface area contributed by atoms with Gasteiger partial charge in [-0.05, 0) is 94.7 Å². The largest absolute Gasteiger partial charge is 0.493 e. The van der Waals surface area contributed by atoms with Crippen molar-refractivity contribution in [2.75, 3.05) is 7.11 Å². The quantitative estimate of drug-likeness (QED) is 0.195. The molecule has 0 radical (unpaired) electrons. The number of cyclic esters (lactones) is 1. The van der Waals surface area contributed by atoms with E-state index >= 15 is 0 Å².